The van der Waals surface area contributed by atoms with E-state index in [1.807, 2.05) is 0 Å². The summed E-state index contributed by atoms with van der Waals surface area (Å²) >= 11 is 9.26. The van der Waals surface area contributed by atoms with Crippen molar-refractivity contribution in [2.75, 3.05) is 13.7 Å². The number of ether oxygens (including phenoxy) is 2. The van der Waals surface area contributed by atoms with Crippen molar-refractivity contribution in [1.29, 1.82) is 0 Å². The summed E-state index contributed by atoms with van der Waals surface area (Å²) in [6.07, 6.45) is 1.72. The van der Waals surface area contributed by atoms with Gasteiger partial charge in [-0.15, -0.1) is 0 Å². The second kappa shape index (κ2) is 4.47. The van der Waals surface area contributed by atoms with Gasteiger partial charge in [-0.2, -0.15) is 0 Å². The van der Waals surface area contributed by atoms with Crippen LogP contribution in [0.3, 0.4) is 0 Å². The molecule has 0 radical (unpaired) electrons. The summed E-state index contributed by atoms with van der Waals surface area (Å²) < 4.78 is 10.9. The number of carbonyl (C=O) groups is 1. The summed E-state index contributed by atoms with van der Waals surface area (Å²) in [6.45, 7) is 0.208. The van der Waals surface area contributed by atoms with Gasteiger partial charge in [-0.1, -0.05) is 11.6 Å². The van der Waals surface area contributed by atoms with Crippen LogP contribution in [0.25, 0.3) is 6.08 Å². The van der Waals surface area contributed by atoms with Crippen LogP contribution < -0.4 is 4.74 Å². The Labute approximate surface area is 106 Å². The molecule has 0 N–H and O–H groups in total. The molecule has 0 saturated carbocycles. The molecule has 84 valence electrons. The molecule has 5 heteroatoms. The van der Waals surface area contributed by atoms with Gasteiger partial charge in [0, 0.05) is 10.6 Å². The third kappa shape index (κ3) is 2.08. The van der Waals surface area contributed by atoms with Gasteiger partial charge in [-0.05, 0) is 34.1 Å². The van der Waals surface area contributed by atoms with Gasteiger partial charge < -0.3 is 9.47 Å². The van der Waals surface area contributed by atoms with Crippen LogP contribution in [0.2, 0.25) is 5.02 Å². The normalized spacial score (nSPS) is 13.6. The van der Waals surface area contributed by atoms with E-state index in [4.69, 9.17) is 16.3 Å². The zero-order valence-corrected chi connectivity index (χ0v) is 10.8. The van der Waals surface area contributed by atoms with E-state index in [0.717, 1.165) is 10.0 Å². The molecule has 1 aromatic carbocycles. The second-order valence-electron chi connectivity index (χ2n) is 3.26. The summed E-state index contributed by atoms with van der Waals surface area (Å²) in [7, 11) is 1.34. The van der Waals surface area contributed by atoms with Crippen LogP contribution in [0.4, 0.5) is 0 Å². The number of esters is 1. The molecule has 16 heavy (non-hydrogen) atoms. The van der Waals surface area contributed by atoms with Crippen LogP contribution in [0.5, 0.6) is 5.75 Å². The van der Waals surface area contributed by atoms with E-state index < -0.39 is 0 Å². The van der Waals surface area contributed by atoms with Gasteiger partial charge in [0.05, 0.1) is 17.2 Å². The minimum absolute atomic E-state index is 0.208. The van der Waals surface area contributed by atoms with E-state index in [-0.39, 0.29) is 12.6 Å². The van der Waals surface area contributed by atoms with Crippen LogP contribution in [-0.2, 0) is 9.53 Å². The Bertz CT molecular complexity index is 482. The minimum Gasteiger partial charge on any atom is -0.487 e. The van der Waals surface area contributed by atoms with E-state index in [2.05, 4.69) is 20.7 Å². The molecule has 1 aromatic rings. The number of rotatable bonds is 1. The minimum atomic E-state index is -0.387. The number of carbonyl (C=O) groups excluding carboxylic acids is 1. The van der Waals surface area contributed by atoms with Crippen molar-refractivity contribution in [3.05, 3.63) is 32.8 Å². The van der Waals surface area contributed by atoms with Gasteiger partial charge in [-0.25, -0.2) is 4.79 Å². The first kappa shape index (κ1) is 11.5. The fraction of sp³-hybridized carbons (Fsp3) is 0.182. The number of fused-ring (bicyclic) bond motifs is 1. The Balaban J connectivity index is 2.47. The largest absolute Gasteiger partial charge is 0.487 e. The van der Waals surface area contributed by atoms with Gasteiger partial charge in [0.2, 0.25) is 0 Å². The molecule has 0 spiro atoms. The zero-order valence-electron chi connectivity index (χ0n) is 8.42. The highest BCUT2D eigenvalue weighted by Gasteiger charge is 2.19. The molecule has 0 atom stereocenters. The topological polar surface area (TPSA) is 35.5 Å². The van der Waals surface area contributed by atoms with Gasteiger partial charge in [0.15, 0.2) is 0 Å². The molecule has 1 aliphatic heterocycles. The molecule has 3 nitrogen and oxygen atoms in total. The Morgan fingerprint density at radius 1 is 1.56 bits per heavy atom. The Morgan fingerprint density at radius 3 is 3.00 bits per heavy atom. The third-order valence-corrected chi connectivity index (χ3v) is 2.99. The van der Waals surface area contributed by atoms with Gasteiger partial charge in [-0.3, -0.25) is 0 Å². The maximum Gasteiger partial charge on any atom is 0.337 e. The molecule has 1 aliphatic rings. The van der Waals surface area contributed by atoms with E-state index in [0.29, 0.717) is 16.3 Å². The first-order valence-electron chi connectivity index (χ1n) is 4.52. The van der Waals surface area contributed by atoms with Crippen LogP contribution in [-0.4, -0.2) is 19.7 Å². The predicted molar refractivity (Wildman–Crippen MR) is 64.6 cm³/mol. The van der Waals surface area contributed by atoms with Crippen LogP contribution in [0.1, 0.15) is 5.56 Å². The number of hydrogen-bond acceptors (Lipinski definition) is 3. The van der Waals surface area contributed by atoms with Crippen LogP contribution >= 0.6 is 27.5 Å². The van der Waals surface area contributed by atoms with Gasteiger partial charge in [0.1, 0.15) is 12.4 Å². The van der Waals surface area contributed by atoms with Crippen molar-refractivity contribution in [1.82, 2.24) is 0 Å². The van der Waals surface area contributed by atoms with Gasteiger partial charge >= 0.3 is 5.97 Å². The standard InChI is InChI=1S/C11H8BrClO3/c1-15-11(14)7-2-6-3-8(13)4-9(12)10(6)16-5-7/h2-4H,5H2,1H3. The van der Waals surface area contributed by atoms with Crippen molar-refractivity contribution in [2.24, 2.45) is 0 Å². The maximum atomic E-state index is 11.3. The fourth-order valence-corrected chi connectivity index (χ4v) is 2.42. The zero-order chi connectivity index (χ0) is 11.7. The molecule has 0 saturated heterocycles. The Hall–Kier alpha value is -1.00. The molecule has 0 amide bonds. The highest BCUT2D eigenvalue weighted by atomic mass is 79.9. The summed E-state index contributed by atoms with van der Waals surface area (Å²) in [5, 5.41) is 0.580. The highest BCUT2D eigenvalue weighted by molar-refractivity contribution is 9.10. The second-order valence-corrected chi connectivity index (χ2v) is 4.55. The quantitative estimate of drug-likeness (QED) is 0.748. The molecule has 0 aromatic heterocycles. The molecule has 0 aliphatic carbocycles. The van der Waals surface area contributed by atoms with Crippen molar-refractivity contribution >= 4 is 39.6 Å². The lowest BCUT2D eigenvalue weighted by atomic mass is 10.1. The SMILES string of the molecule is COC(=O)C1=Cc2cc(Cl)cc(Br)c2OC1. The number of halogens is 2. The molecule has 0 bridgehead atoms. The van der Waals surface area contributed by atoms with Crippen LogP contribution in [0.15, 0.2) is 22.2 Å². The molecule has 2 rings (SSSR count). The number of benzene rings is 1. The first-order chi connectivity index (χ1) is 7.61. The van der Waals surface area contributed by atoms with Crippen molar-refractivity contribution in [3.8, 4) is 5.75 Å². The molecule has 0 fully saturated rings. The molecule has 1 heterocycles. The predicted octanol–water partition coefficient (Wildman–Crippen LogP) is 3.05. The number of methoxy groups -OCH3 is 1. The van der Waals surface area contributed by atoms with E-state index in [9.17, 15) is 4.79 Å². The first-order valence-corrected chi connectivity index (χ1v) is 5.69. The lowest BCUT2D eigenvalue weighted by molar-refractivity contribution is -0.136. The van der Waals surface area contributed by atoms with E-state index in [1.54, 1.807) is 18.2 Å². The third-order valence-electron chi connectivity index (χ3n) is 2.19. The summed E-state index contributed by atoms with van der Waals surface area (Å²) in [4.78, 5) is 11.3. The average Bonchev–Trinajstić information content (AvgIpc) is 2.27. The van der Waals surface area contributed by atoms with Crippen LogP contribution in [0, 0.1) is 0 Å². The lowest BCUT2D eigenvalue weighted by Gasteiger charge is -2.18. The monoisotopic (exact) mass is 302 g/mol. The molecule has 0 unspecified atom stereocenters. The van der Waals surface area contributed by atoms with Crippen molar-refractivity contribution in [3.63, 3.8) is 0 Å². The number of hydrogen-bond donors (Lipinski definition) is 0. The lowest BCUT2D eigenvalue weighted by Crippen LogP contribution is -2.16. The Kier molecular flexibility index (Phi) is 3.21. The molecular weight excluding hydrogens is 295 g/mol. The smallest absolute Gasteiger partial charge is 0.337 e. The van der Waals surface area contributed by atoms with Gasteiger partial charge in [0.25, 0.3) is 0 Å². The summed E-state index contributed by atoms with van der Waals surface area (Å²) in [5.41, 5.74) is 1.25. The summed E-state index contributed by atoms with van der Waals surface area (Å²) in [5.74, 6) is 0.304. The fourth-order valence-electron chi connectivity index (χ4n) is 1.47. The van der Waals surface area contributed by atoms with Crippen molar-refractivity contribution < 1.29 is 14.3 Å². The van der Waals surface area contributed by atoms with E-state index >= 15 is 0 Å². The van der Waals surface area contributed by atoms with E-state index in [1.165, 1.54) is 7.11 Å². The van der Waals surface area contributed by atoms with Crippen molar-refractivity contribution in [2.45, 2.75) is 0 Å². The summed E-state index contributed by atoms with van der Waals surface area (Å²) in [6, 6.07) is 3.49. The Morgan fingerprint density at radius 2 is 2.31 bits per heavy atom. The molecular formula is C11H8BrClO3. The maximum absolute atomic E-state index is 11.3. The average molecular weight is 304 g/mol. The highest BCUT2D eigenvalue weighted by Crippen LogP contribution is 2.36.